The summed E-state index contributed by atoms with van der Waals surface area (Å²) in [6.45, 7) is 3.04. The highest BCUT2D eigenvalue weighted by Crippen LogP contribution is 2.25. The van der Waals surface area contributed by atoms with Crippen LogP contribution in [-0.4, -0.2) is 56.5 Å². The predicted octanol–water partition coefficient (Wildman–Crippen LogP) is 1.38. The van der Waals surface area contributed by atoms with Crippen molar-refractivity contribution in [2.45, 2.75) is 44.2 Å². The molecule has 0 aromatic carbocycles. The Morgan fingerprint density at radius 1 is 1.33 bits per heavy atom. The number of urea groups is 1. The maximum Gasteiger partial charge on any atom is 0.317 e. The summed E-state index contributed by atoms with van der Waals surface area (Å²) in [6.07, 6.45) is 5.52. The Balaban J connectivity index is 1.46. The maximum absolute atomic E-state index is 11.6. The summed E-state index contributed by atoms with van der Waals surface area (Å²) in [5.74, 6) is 0. The predicted molar refractivity (Wildman–Crippen MR) is 68.6 cm³/mol. The minimum Gasteiger partial charge on any atom is -0.381 e. The van der Waals surface area contributed by atoms with Crippen molar-refractivity contribution in [2.24, 2.45) is 0 Å². The second-order valence-electron chi connectivity index (χ2n) is 5.11. The quantitative estimate of drug-likeness (QED) is 0.730. The Morgan fingerprint density at radius 3 is 2.72 bits per heavy atom. The minimum atomic E-state index is 0.0450. The normalized spacial score (nSPS) is 20.7. The summed E-state index contributed by atoms with van der Waals surface area (Å²) in [6, 6.07) is 0.520. The molecule has 1 aliphatic carbocycles. The number of nitrogens with zero attached hydrogens (tertiary/aromatic N) is 1. The van der Waals surface area contributed by atoms with Crippen LogP contribution in [0.4, 0.5) is 4.79 Å². The molecule has 2 amide bonds. The Kier molecular flexibility index (Phi) is 5.26. The van der Waals surface area contributed by atoms with Gasteiger partial charge in [-0.05, 0) is 32.1 Å². The van der Waals surface area contributed by atoms with E-state index in [1.165, 1.54) is 0 Å². The van der Waals surface area contributed by atoms with E-state index in [4.69, 9.17) is 9.47 Å². The molecule has 2 aliphatic rings. The Hall–Kier alpha value is -0.810. The number of rotatable bonds is 6. The largest absolute Gasteiger partial charge is 0.381 e. The topological polar surface area (TPSA) is 50.8 Å². The third kappa shape index (κ3) is 4.46. The van der Waals surface area contributed by atoms with Gasteiger partial charge in [0.2, 0.25) is 0 Å². The third-order valence-corrected chi connectivity index (χ3v) is 3.53. The molecule has 0 unspecified atom stereocenters. The van der Waals surface area contributed by atoms with Gasteiger partial charge < -0.3 is 19.7 Å². The van der Waals surface area contributed by atoms with Gasteiger partial charge in [0, 0.05) is 39.5 Å². The highest BCUT2D eigenvalue weighted by Gasteiger charge is 2.29. The molecule has 0 aromatic heterocycles. The van der Waals surface area contributed by atoms with Gasteiger partial charge in [-0.2, -0.15) is 0 Å². The molecule has 0 spiro atoms. The summed E-state index contributed by atoms with van der Waals surface area (Å²) >= 11 is 0. The van der Waals surface area contributed by atoms with E-state index in [-0.39, 0.29) is 6.03 Å². The van der Waals surface area contributed by atoms with Crippen LogP contribution in [0.2, 0.25) is 0 Å². The minimum absolute atomic E-state index is 0.0450. The molecule has 5 heteroatoms. The summed E-state index contributed by atoms with van der Waals surface area (Å²) in [5.41, 5.74) is 0. The average Bonchev–Trinajstić information content (AvgIpc) is 3.23. The lowest BCUT2D eigenvalue weighted by Crippen LogP contribution is -2.39. The second kappa shape index (κ2) is 6.95. The van der Waals surface area contributed by atoms with Crippen LogP contribution in [0.25, 0.3) is 0 Å². The van der Waals surface area contributed by atoms with Crippen LogP contribution in [0.15, 0.2) is 0 Å². The van der Waals surface area contributed by atoms with E-state index in [0.29, 0.717) is 18.7 Å². The molecular formula is C13H24N2O3. The van der Waals surface area contributed by atoms with Gasteiger partial charge in [0.05, 0.1) is 6.10 Å². The van der Waals surface area contributed by atoms with Crippen LogP contribution >= 0.6 is 0 Å². The smallest absolute Gasteiger partial charge is 0.317 e. The van der Waals surface area contributed by atoms with Crippen molar-refractivity contribution < 1.29 is 14.3 Å². The van der Waals surface area contributed by atoms with Gasteiger partial charge in [-0.25, -0.2) is 4.79 Å². The number of nitrogens with one attached hydrogen (secondary N) is 1. The molecule has 18 heavy (non-hydrogen) atoms. The molecule has 0 atom stereocenters. The van der Waals surface area contributed by atoms with E-state index in [9.17, 15) is 4.79 Å². The molecule has 0 radical (unpaired) electrons. The van der Waals surface area contributed by atoms with Crippen molar-refractivity contribution >= 4 is 6.03 Å². The first-order valence-electron chi connectivity index (χ1n) is 6.97. The lowest BCUT2D eigenvalue weighted by molar-refractivity contribution is -0.0320. The van der Waals surface area contributed by atoms with Crippen LogP contribution in [0.3, 0.4) is 0 Å². The van der Waals surface area contributed by atoms with E-state index in [0.717, 1.165) is 51.9 Å². The summed E-state index contributed by atoms with van der Waals surface area (Å²) in [4.78, 5) is 13.5. The van der Waals surface area contributed by atoms with E-state index in [1.807, 2.05) is 7.05 Å². The molecule has 0 bridgehead atoms. The summed E-state index contributed by atoms with van der Waals surface area (Å²) < 4.78 is 11.0. The van der Waals surface area contributed by atoms with Gasteiger partial charge in [0.1, 0.15) is 0 Å². The zero-order valence-corrected chi connectivity index (χ0v) is 11.2. The fourth-order valence-corrected chi connectivity index (χ4v) is 2.11. The van der Waals surface area contributed by atoms with Gasteiger partial charge >= 0.3 is 6.03 Å². The van der Waals surface area contributed by atoms with E-state index < -0.39 is 0 Å². The number of carbonyl (C=O) groups is 1. The number of amides is 2. The van der Waals surface area contributed by atoms with E-state index in [1.54, 1.807) is 4.90 Å². The number of carbonyl (C=O) groups excluding carboxylic acids is 1. The maximum atomic E-state index is 11.6. The van der Waals surface area contributed by atoms with Crippen molar-refractivity contribution in [1.29, 1.82) is 0 Å². The molecule has 1 heterocycles. The Bertz CT molecular complexity index is 263. The van der Waals surface area contributed by atoms with Crippen molar-refractivity contribution in [3.8, 4) is 0 Å². The van der Waals surface area contributed by atoms with Crippen LogP contribution in [0.1, 0.15) is 32.1 Å². The fourth-order valence-electron chi connectivity index (χ4n) is 2.11. The Labute approximate surface area is 109 Å². The van der Waals surface area contributed by atoms with E-state index >= 15 is 0 Å². The van der Waals surface area contributed by atoms with Gasteiger partial charge in [-0.15, -0.1) is 0 Å². The van der Waals surface area contributed by atoms with Crippen LogP contribution in [0, 0.1) is 0 Å². The van der Waals surface area contributed by atoms with Crippen molar-refractivity contribution in [2.75, 3.05) is 33.4 Å². The van der Waals surface area contributed by atoms with Gasteiger partial charge in [0.15, 0.2) is 0 Å². The first-order chi connectivity index (χ1) is 8.77. The standard InChI is InChI=1S/C13H24N2O3/c1-15(11-3-4-11)13(16)14-7-2-8-18-12-5-9-17-10-6-12/h11-12H,2-10H2,1H3,(H,14,16). The third-order valence-electron chi connectivity index (χ3n) is 3.53. The van der Waals surface area contributed by atoms with Crippen LogP contribution in [-0.2, 0) is 9.47 Å². The molecule has 1 N–H and O–H groups in total. The molecule has 1 saturated heterocycles. The highest BCUT2D eigenvalue weighted by molar-refractivity contribution is 5.74. The van der Waals surface area contributed by atoms with Crippen molar-refractivity contribution in [3.63, 3.8) is 0 Å². The second-order valence-corrected chi connectivity index (χ2v) is 5.11. The van der Waals surface area contributed by atoms with Gasteiger partial charge in [-0.1, -0.05) is 0 Å². The zero-order valence-electron chi connectivity index (χ0n) is 11.2. The molecule has 104 valence electrons. The molecule has 1 saturated carbocycles. The first kappa shape index (κ1) is 13.6. The first-order valence-corrected chi connectivity index (χ1v) is 6.97. The molecule has 1 aliphatic heterocycles. The molecule has 2 rings (SSSR count). The van der Waals surface area contributed by atoms with Gasteiger partial charge in [0.25, 0.3) is 0 Å². The number of hydrogen-bond donors (Lipinski definition) is 1. The highest BCUT2D eigenvalue weighted by atomic mass is 16.5. The number of ether oxygens (including phenoxy) is 2. The van der Waals surface area contributed by atoms with Gasteiger partial charge in [-0.3, -0.25) is 0 Å². The monoisotopic (exact) mass is 256 g/mol. The SMILES string of the molecule is CN(C(=O)NCCCOC1CCOCC1)C1CC1. The molecule has 2 fully saturated rings. The van der Waals surface area contributed by atoms with Crippen LogP contribution < -0.4 is 5.32 Å². The molecule has 5 nitrogen and oxygen atoms in total. The summed E-state index contributed by atoms with van der Waals surface area (Å²) in [5, 5.41) is 2.92. The van der Waals surface area contributed by atoms with Crippen molar-refractivity contribution in [3.05, 3.63) is 0 Å². The Morgan fingerprint density at radius 2 is 2.06 bits per heavy atom. The molecular weight excluding hydrogens is 232 g/mol. The average molecular weight is 256 g/mol. The lowest BCUT2D eigenvalue weighted by Gasteiger charge is -2.22. The number of hydrogen-bond acceptors (Lipinski definition) is 3. The summed E-state index contributed by atoms with van der Waals surface area (Å²) in [7, 11) is 1.87. The fraction of sp³-hybridized carbons (Fsp3) is 0.923. The van der Waals surface area contributed by atoms with Crippen molar-refractivity contribution in [1.82, 2.24) is 10.2 Å². The van der Waals surface area contributed by atoms with E-state index in [2.05, 4.69) is 5.32 Å². The van der Waals surface area contributed by atoms with Crippen LogP contribution in [0.5, 0.6) is 0 Å². The lowest BCUT2D eigenvalue weighted by atomic mass is 10.1. The zero-order chi connectivity index (χ0) is 12.8. The molecule has 0 aromatic rings.